The molecule has 0 amide bonds. The Bertz CT molecular complexity index is 1230. The molecule has 0 fully saturated rings. The lowest BCUT2D eigenvalue weighted by Crippen LogP contribution is -2.31. The highest BCUT2D eigenvalue weighted by atomic mass is 35.5. The molecular weight excluding hydrogens is 441 g/mol. The molecule has 0 aliphatic rings. The van der Waals surface area contributed by atoms with Gasteiger partial charge in [-0.3, -0.25) is 4.68 Å². The number of likely N-dealkylation sites (N-methyl/N-ethyl adjacent to an activating group) is 1. The SMILES string of the molecule is Cc1cc(N(CCN(C)C)Cc2ccccc2)c2c(n1)c(-c1ccc(Cl)cc1Cl)nn2C. The van der Waals surface area contributed by atoms with E-state index in [0.717, 1.165) is 53.3 Å². The van der Waals surface area contributed by atoms with Gasteiger partial charge >= 0.3 is 0 Å². The lowest BCUT2D eigenvalue weighted by molar-refractivity contribution is 0.412. The number of benzene rings is 2. The molecule has 0 spiro atoms. The Morgan fingerprint density at radius 3 is 2.41 bits per heavy atom. The average molecular weight is 468 g/mol. The molecule has 2 aromatic carbocycles. The number of anilines is 1. The summed E-state index contributed by atoms with van der Waals surface area (Å²) in [5.74, 6) is 0. The van der Waals surface area contributed by atoms with Crippen LogP contribution < -0.4 is 4.90 Å². The van der Waals surface area contributed by atoms with Gasteiger partial charge in [0.1, 0.15) is 16.7 Å². The van der Waals surface area contributed by atoms with Gasteiger partial charge in [-0.1, -0.05) is 53.5 Å². The van der Waals surface area contributed by atoms with E-state index in [1.807, 2.05) is 36.9 Å². The number of pyridine rings is 1. The van der Waals surface area contributed by atoms with E-state index < -0.39 is 0 Å². The summed E-state index contributed by atoms with van der Waals surface area (Å²) >= 11 is 12.7. The van der Waals surface area contributed by atoms with E-state index in [2.05, 4.69) is 54.2 Å². The van der Waals surface area contributed by atoms with Gasteiger partial charge < -0.3 is 9.80 Å². The number of aryl methyl sites for hydroxylation is 2. The number of halogens is 2. The Labute approximate surface area is 199 Å². The summed E-state index contributed by atoms with van der Waals surface area (Å²) in [6.45, 7) is 4.64. The first-order valence-electron chi connectivity index (χ1n) is 10.6. The molecule has 4 aromatic rings. The zero-order valence-electron chi connectivity index (χ0n) is 18.8. The van der Waals surface area contributed by atoms with Crippen molar-refractivity contribution >= 4 is 39.9 Å². The zero-order valence-corrected chi connectivity index (χ0v) is 20.3. The summed E-state index contributed by atoms with van der Waals surface area (Å²) in [5, 5.41) is 5.99. The minimum atomic E-state index is 0.566. The second kappa shape index (κ2) is 9.49. The molecule has 0 saturated carbocycles. The Morgan fingerprint density at radius 1 is 0.969 bits per heavy atom. The Morgan fingerprint density at radius 2 is 1.72 bits per heavy atom. The highest BCUT2D eigenvalue weighted by Gasteiger charge is 2.21. The molecule has 0 bridgehead atoms. The first kappa shape index (κ1) is 22.6. The molecule has 0 unspecified atom stereocenters. The molecule has 0 aliphatic heterocycles. The van der Waals surface area contributed by atoms with Crippen LogP contribution in [0.2, 0.25) is 10.0 Å². The minimum absolute atomic E-state index is 0.566. The largest absolute Gasteiger partial charge is 0.364 e. The van der Waals surface area contributed by atoms with Crippen molar-refractivity contribution in [2.45, 2.75) is 13.5 Å². The van der Waals surface area contributed by atoms with Gasteiger partial charge in [-0.2, -0.15) is 5.10 Å². The van der Waals surface area contributed by atoms with Gasteiger partial charge in [-0.25, -0.2) is 4.98 Å². The summed E-state index contributed by atoms with van der Waals surface area (Å²) < 4.78 is 1.91. The Balaban J connectivity index is 1.87. The standard InChI is InChI=1S/C25H27Cl2N5/c1-17-14-22(32(13-12-30(2)3)16-18-8-6-5-7-9-18)25-24(28-17)23(29-31(25)4)20-11-10-19(26)15-21(20)27/h5-11,14-15H,12-13,16H2,1-4H3. The number of rotatable bonds is 7. The second-order valence-corrected chi connectivity index (χ2v) is 9.13. The van der Waals surface area contributed by atoms with Crippen molar-refractivity contribution in [3.8, 4) is 11.3 Å². The maximum atomic E-state index is 6.53. The predicted molar refractivity (Wildman–Crippen MR) is 135 cm³/mol. The summed E-state index contributed by atoms with van der Waals surface area (Å²) in [7, 11) is 6.15. The van der Waals surface area contributed by atoms with Crippen LogP contribution in [0.5, 0.6) is 0 Å². The van der Waals surface area contributed by atoms with Crippen molar-refractivity contribution in [3.63, 3.8) is 0 Å². The van der Waals surface area contributed by atoms with Gasteiger partial charge in [-0.05, 0) is 50.8 Å². The summed E-state index contributed by atoms with van der Waals surface area (Å²) in [6.07, 6.45) is 0. The molecule has 7 heteroatoms. The zero-order chi connectivity index (χ0) is 22.8. The number of aromatic nitrogens is 3. The fourth-order valence-electron chi connectivity index (χ4n) is 3.89. The van der Waals surface area contributed by atoms with E-state index >= 15 is 0 Å². The first-order valence-corrected chi connectivity index (χ1v) is 11.3. The van der Waals surface area contributed by atoms with Crippen LogP contribution in [0.15, 0.2) is 54.6 Å². The van der Waals surface area contributed by atoms with Crippen molar-refractivity contribution in [2.75, 3.05) is 32.1 Å². The molecule has 0 radical (unpaired) electrons. The van der Waals surface area contributed by atoms with Gasteiger partial charge in [-0.15, -0.1) is 0 Å². The quantitative estimate of drug-likeness (QED) is 0.343. The Kier molecular flexibility index (Phi) is 6.70. The van der Waals surface area contributed by atoms with E-state index in [1.54, 1.807) is 6.07 Å². The van der Waals surface area contributed by atoms with Crippen LogP contribution in [0.4, 0.5) is 5.69 Å². The maximum Gasteiger partial charge on any atom is 0.120 e. The molecule has 4 rings (SSSR count). The van der Waals surface area contributed by atoms with E-state index in [0.29, 0.717) is 10.0 Å². The van der Waals surface area contributed by atoms with Crippen LogP contribution >= 0.6 is 23.2 Å². The van der Waals surface area contributed by atoms with Crippen LogP contribution in [0.3, 0.4) is 0 Å². The number of fused-ring (bicyclic) bond motifs is 1. The van der Waals surface area contributed by atoms with Crippen LogP contribution in [-0.4, -0.2) is 46.8 Å². The molecule has 0 atom stereocenters. The van der Waals surface area contributed by atoms with Gasteiger partial charge in [0.2, 0.25) is 0 Å². The number of hydrogen-bond acceptors (Lipinski definition) is 4. The molecule has 0 saturated heterocycles. The molecule has 2 heterocycles. The van der Waals surface area contributed by atoms with E-state index in [-0.39, 0.29) is 0 Å². The van der Waals surface area contributed by atoms with E-state index in [4.69, 9.17) is 33.3 Å². The summed E-state index contributed by atoms with van der Waals surface area (Å²) in [4.78, 5) is 9.47. The van der Waals surface area contributed by atoms with Crippen LogP contribution in [0.25, 0.3) is 22.3 Å². The molecule has 32 heavy (non-hydrogen) atoms. The molecular formula is C25H27Cl2N5. The third-order valence-corrected chi connectivity index (χ3v) is 6.01. The lowest BCUT2D eigenvalue weighted by atomic mass is 10.1. The van der Waals surface area contributed by atoms with Crippen molar-refractivity contribution in [1.29, 1.82) is 0 Å². The third kappa shape index (κ3) is 4.75. The summed E-state index contributed by atoms with van der Waals surface area (Å²) in [6, 6.07) is 18.2. The van der Waals surface area contributed by atoms with Crippen LogP contribution in [0, 0.1) is 6.92 Å². The van der Waals surface area contributed by atoms with Gasteiger partial charge in [0.25, 0.3) is 0 Å². The number of hydrogen-bond donors (Lipinski definition) is 0. The molecule has 0 N–H and O–H groups in total. The third-order valence-electron chi connectivity index (χ3n) is 5.46. The number of nitrogens with zero attached hydrogens (tertiary/aromatic N) is 5. The van der Waals surface area contributed by atoms with Crippen LogP contribution in [-0.2, 0) is 13.6 Å². The summed E-state index contributed by atoms with van der Waals surface area (Å²) in [5.41, 5.74) is 6.74. The monoisotopic (exact) mass is 467 g/mol. The van der Waals surface area contributed by atoms with E-state index in [9.17, 15) is 0 Å². The molecule has 0 aliphatic carbocycles. The van der Waals surface area contributed by atoms with Gasteiger partial charge in [0.05, 0.1) is 10.7 Å². The fourth-order valence-corrected chi connectivity index (χ4v) is 4.39. The van der Waals surface area contributed by atoms with Gasteiger partial charge in [0, 0.05) is 43.0 Å². The lowest BCUT2D eigenvalue weighted by Gasteiger charge is -2.27. The van der Waals surface area contributed by atoms with Crippen molar-refractivity contribution in [2.24, 2.45) is 7.05 Å². The fraction of sp³-hybridized carbons (Fsp3) is 0.280. The minimum Gasteiger partial charge on any atom is -0.364 e. The Hall–Kier alpha value is -2.60. The molecule has 2 aromatic heterocycles. The first-order chi connectivity index (χ1) is 15.3. The predicted octanol–water partition coefficient (Wildman–Crippen LogP) is 5.82. The van der Waals surface area contributed by atoms with Crippen LogP contribution in [0.1, 0.15) is 11.3 Å². The molecule has 5 nitrogen and oxygen atoms in total. The normalized spacial score (nSPS) is 11.5. The van der Waals surface area contributed by atoms with Gasteiger partial charge in [0.15, 0.2) is 0 Å². The average Bonchev–Trinajstić information content (AvgIpc) is 3.07. The molecule has 166 valence electrons. The van der Waals surface area contributed by atoms with Crippen molar-refractivity contribution < 1.29 is 0 Å². The highest BCUT2D eigenvalue weighted by Crippen LogP contribution is 2.37. The highest BCUT2D eigenvalue weighted by molar-refractivity contribution is 6.36. The van der Waals surface area contributed by atoms with Crippen molar-refractivity contribution in [3.05, 3.63) is 75.9 Å². The second-order valence-electron chi connectivity index (χ2n) is 8.29. The van der Waals surface area contributed by atoms with Crippen molar-refractivity contribution in [1.82, 2.24) is 19.7 Å². The van der Waals surface area contributed by atoms with E-state index in [1.165, 1.54) is 5.56 Å². The topological polar surface area (TPSA) is 37.2 Å². The smallest absolute Gasteiger partial charge is 0.120 e. The maximum absolute atomic E-state index is 6.53.